The number of nitrogens with one attached hydrogen (secondary N) is 2. The van der Waals surface area contributed by atoms with Gasteiger partial charge in [-0.25, -0.2) is 0 Å². The van der Waals surface area contributed by atoms with Gasteiger partial charge in [-0.1, -0.05) is 0 Å². The Bertz CT molecular complexity index is 490. The standard InChI is InChI=1S/C14H22N6/c1-3-17-14(16-2)19-12-9-18-20(10-12)13-6-4-11(8-15)5-7-13/h9-11,13H,3-7H2,1-2H3,(H2,16,17,19). The molecule has 0 atom stereocenters. The Morgan fingerprint density at radius 3 is 2.85 bits per heavy atom. The normalized spacial score (nSPS) is 23.1. The van der Waals surface area contributed by atoms with E-state index in [1.54, 1.807) is 7.05 Å². The number of hydrogen-bond acceptors (Lipinski definition) is 3. The summed E-state index contributed by atoms with van der Waals surface area (Å²) >= 11 is 0. The number of guanidine groups is 1. The zero-order valence-electron chi connectivity index (χ0n) is 12.1. The van der Waals surface area contributed by atoms with Crippen molar-refractivity contribution in [1.82, 2.24) is 15.1 Å². The van der Waals surface area contributed by atoms with Gasteiger partial charge in [0.2, 0.25) is 0 Å². The molecule has 1 heterocycles. The van der Waals surface area contributed by atoms with Gasteiger partial charge in [0, 0.05) is 25.7 Å². The number of nitriles is 1. The van der Waals surface area contributed by atoms with Crippen LogP contribution >= 0.6 is 0 Å². The van der Waals surface area contributed by atoms with Crippen LogP contribution in [0.25, 0.3) is 0 Å². The highest BCUT2D eigenvalue weighted by Crippen LogP contribution is 2.31. The van der Waals surface area contributed by atoms with E-state index >= 15 is 0 Å². The molecule has 108 valence electrons. The van der Waals surface area contributed by atoms with Crippen molar-refractivity contribution in [3.8, 4) is 6.07 Å². The van der Waals surface area contributed by atoms with Crippen LogP contribution in [0.5, 0.6) is 0 Å². The largest absolute Gasteiger partial charge is 0.356 e. The molecule has 0 amide bonds. The van der Waals surface area contributed by atoms with E-state index in [1.807, 2.05) is 24.0 Å². The predicted molar refractivity (Wildman–Crippen MR) is 79.5 cm³/mol. The summed E-state index contributed by atoms with van der Waals surface area (Å²) in [6.07, 6.45) is 7.84. The maximum Gasteiger partial charge on any atom is 0.195 e. The fraction of sp³-hybridized carbons (Fsp3) is 0.643. The zero-order chi connectivity index (χ0) is 14.4. The van der Waals surface area contributed by atoms with Gasteiger partial charge >= 0.3 is 0 Å². The molecule has 0 aliphatic heterocycles. The maximum absolute atomic E-state index is 8.93. The first-order valence-corrected chi connectivity index (χ1v) is 7.18. The fourth-order valence-corrected chi connectivity index (χ4v) is 2.56. The summed E-state index contributed by atoms with van der Waals surface area (Å²) in [6.45, 7) is 2.86. The number of aliphatic imine (C=N–C) groups is 1. The number of nitrogens with zero attached hydrogens (tertiary/aromatic N) is 4. The van der Waals surface area contributed by atoms with E-state index < -0.39 is 0 Å². The summed E-state index contributed by atoms with van der Waals surface area (Å²) in [6, 6.07) is 2.78. The van der Waals surface area contributed by atoms with Gasteiger partial charge in [0.05, 0.1) is 24.0 Å². The number of aromatic nitrogens is 2. The maximum atomic E-state index is 8.93. The van der Waals surface area contributed by atoms with Gasteiger partial charge in [0.25, 0.3) is 0 Å². The minimum absolute atomic E-state index is 0.229. The summed E-state index contributed by atoms with van der Waals surface area (Å²) in [7, 11) is 1.75. The second-order valence-corrected chi connectivity index (χ2v) is 5.07. The van der Waals surface area contributed by atoms with Crippen molar-refractivity contribution in [1.29, 1.82) is 5.26 Å². The van der Waals surface area contributed by atoms with E-state index in [0.29, 0.717) is 6.04 Å². The first kappa shape index (κ1) is 14.4. The van der Waals surface area contributed by atoms with Crippen LogP contribution in [0, 0.1) is 17.2 Å². The van der Waals surface area contributed by atoms with Crippen LogP contribution in [0.1, 0.15) is 38.6 Å². The molecule has 1 fully saturated rings. The van der Waals surface area contributed by atoms with Gasteiger partial charge in [-0.2, -0.15) is 10.4 Å². The molecule has 0 aromatic carbocycles. The number of hydrogen-bond donors (Lipinski definition) is 2. The van der Waals surface area contributed by atoms with Crippen molar-refractivity contribution >= 4 is 11.6 Å². The second kappa shape index (κ2) is 6.94. The molecule has 1 aromatic rings. The third-order valence-corrected chi connectivity index (χ3v) is 3.69. The molecule has 2 N–H and O–H groups in total. The summed E-state index contributed by atoms with van der Waals surface area (Å²) < 4.78 is 2.01. The highest BCUT2D eigenvalue weighted by Gasteiger charge is 2.22. The smallest absolute Gasteiger partial charge is 0.195 e. The molecule has 6 nitrogen and oxygen atoms in total. The monoisotopic (exact) mass is 274 g/mol. The molecule has 1 aliphatic rings. The minimum Gasteiger partial charge on any atom is -0.356 e. The molecule has 0 bridgehead atoms. The van der Waals surface area contributed by atoms with Crippen molar-refractivity contribution in [3.05, 3.63) is 12.4 Å². The first-order valence-electron chi connectivity index (χ1n) is 7.18. The summed E-state index contributed by atoms with van der Waals surface area (Å²) in [5.41, 5.74) is 0.939. The molecule has 6 heteroatoms. The van der Waals surface area contributed by atoms with Crippen molar-refractivity contribution in [2.24, 2.45) is 10.9 Å². The molecular formula is C14H22N6. The molecule has 0 spiro atoms. The number of anilines is 1. The molecule has 1 aliphatic carbocycles. The lowest BCUT2D eigenvalue weighted by Gasteiger charge is -2.24. The Morgan fingerprint density at radius 1 is 1.50 bits per heavy atom. The van der Waals surface area contributed by atoms with Crippen molar-refractivity contribution in [3.63, 3.8) is 0 Å². The van der Waals surface area contributed by atoms with Crippen LogP contribution in [0.15, 0.2) is 17.4 Å². The Balaban J connectivity index is 1.94. The molecule has 0 radical (unpaired) electrons. The van der Waals surface area contributed by atoms with Gasteiger partial charge in [-0.05, 0) is 32.6 Å². The Labute approximate surface area is 119 Å². The molecule has 1 saturated carbocycles. The Hall–Kier alpha value is -2.03. The van der Waals surface area contributed by atoms with Crippen LogP contribution in [0.2, 0.25) is 0 Å². The summed E-state index contributed by atoms with van der Waals surface area (Å²) in [5.74, 6) is 0.979. The lowest BCUT2D eigenvalue weighted by atomic mass is 9.87. The summed E-state index contributed by atoms with van der Waals surface area (Å²) in [5, 5.41) is 19.7. The average Bonchev–Trinajstić information content (AvgIpc) is 2.95. The van der Waals surface area contributed by atoms with Gasteiger partial charge in [0.15, 0.2) is 5.96 Å². The van der Waals surface area contributed by atoms with E-state index in [-0.39, 0.29) is 5.92 Å². The molecular weight excluding hydrogens is 252 g/mol. The fourth-order valence-electron chi connectivity index (χ4n) is 2.56. The highest BCUT2D eigenvalue weighted by atomic mass is 15.3. The van der Waals surface area contributed by atoms with Crippen molar-refractivity contribution in [2.45, 2.75) is 38.6 Å². The van der Waals surface area contributed by atoms with Crippen LogP contribution in [-0.4, -0.2) is 29.3 Å². The first-order chi connectivity index (χ1) is 9.76. The minimum atomic E-state index is 0.229. The van der Waals surface area contributed by atoms with Crippen LogP contribution in [-0.2, 0) is 0 Å². The van der Waals surface area contributed by atoms with E-state index in [9.17, 15) is 0 Å². The van der Waals surface area contributed by atoms with E-state index in [0.717, 1.165) is 43.9 Å². The van der Waals surface area contributed by atoms with Gasteiger partial charge in [-0.15, -0.1) is 0 Å². The molecule has 0 saturated heterocycles. The van der Waals surface area contributed by atoms with Gasteiger partial charge in [0.1, 0.15) is 0 Å². The Morgan fingerprint density at radius 2 is 2.25 bits per heavy atom. The second-order valence-electron chi connectivity index (χ2n) is 5.07. The molecule has 2 rings (SSSR count). The third kappa shape index (κ3) is 3.50. The topological polar surface area (TPSA) is 78.0 Å². The van der Waals surface area contributed by atoms with Crippen LogP contribution < -0.4 is 10.6 Å². The summed E-state index contributed by atoms with van der Waals surface area (Å²) in [4.78, 5) is 4.14. The third-order valence-electron chi connectivity index (χ3n) is 3.69. The van der Waals surface area contributed by atoms with Crippen LogP contribution in [0.4, 0.5) is 5.69 Å². The van der Waals surface area contributed by atoms with Gasteiger partial charge < -0.3 is 10.6 Å². The van der Waals surface area contributed by atoms with Crippen LogP contribution in [0.3, 0.4) is 0 Å². The number of rotatable bonds is 3. The van der Waals surface area contributed by atoms with E-state index in [4.69, 9.17) is 5.26 Å². The quantitative estimate of drug-likeness (QED) is 0.654. The molecule has 0 unspecified atom stereocenters. The average molecular weight is 274 g/mol. The predicted octanol–water partition coefficient (Wildman–Crippen LogP) is 2.15. The lowest BCUT2D eigenvalue weighted by Crippen LogP contribution is -2.30. The van der Waals surface area contributed by atoms with Crippen molar-refractivity contribution in [2.75, 3.05) is 18.9 Å². The highest BCUT2D eigenvalue weighted by molar-refractivity contribution is 5.93. The zero-order valence-corrected chi connectivity index (χ0v) is 12.1. The van der Waals surface area contributed by atoms with Crippen molar-refractivity contribution < 1.29 is 0 Å². The van der Waals surface area contributed by atoms with Gasteiger partial charge in [-0.3, -0.25) is 9.67 Å². The Kier molecular flexibility index (Phi) is 4.99. The lowest BCUT2D eigenvalue weighted by molar-refractivity contribution is 0.294. The molecule has 20 heavy (non-hydrogen) atoms. The van der Waals surface area contributed by atoms with E-state index in [1.165, 1.54) is 0 Å². The van der Waals surface area contributed by atoms with E-state index in [2.05, 4.69) is 26.8 Å². The SMILES string of the molecule is CCNC(=NC)Nc1cnn(C2CCC(C#N)CC2)c1. The molecule has 1 aromatic heterocycles.